The highest BCUT2D eigenvalue weighted by molar-refractivity contribution is 5.94. The van der Waals surface area contributed by atoms with E-state index in [9.17, 15) is 9.90 Å². The van der Waals surface area contributed by atoms with Crippen LogP contribution in [0.1, 0.15) is 43.0 Å². The number of aliphatic hydroxyl groups is 1. The molecule has 0 atom stereocenters. The molecule has 2 rings (SSSR count). The van der Waals surface area contributed by atoms with Gasteiger partial charge >= 0.3 is 0 Å². The lowest BCUT2D eigenvalue weighted by Gasteiger charge is -2.34. The van der Waals surface area contributed by atoms with Crippen molar-refractivity contribution in [1.82, 2.24) is 5.32 Å². The van der Waals surface area contributed by atoms with E-state index in [0.29, 0.717) is 18.0 Å². The van der Waals surface area contributed by atoms with Crippen molar-refractivity contribution in [1.29, 1.82) is 0 Å². The Morgan fingerprint density at radius 1 is 1.32 bits per heavy atom. The van der Waals surface area contributed by atoms with E-state index in [1.807, 2.05) is 0 Å². The highest BCUT2D eigenvalue weighted by atomic mass is 16.3. The number of phenolic OH excluding ortho intramolecular Hbond substituents is 1. The number of aromatic hydroxyl groups is 1. The summed E-state index contributed by atoms with van der Waals surface area (Å²) in [7, 11) is 0. The normalized spacial score (nSPS) is 26.9. The number of rotatable bonds is 3. The molecule has 0 saturated heterocycles. The number of nitrogens with one attached hydrogen (secondary N) is 1. The zero-order chi connectivity index (χ0) is 13.9. The predicted octanol–water partition coefficient (Wildman–Crippen LogP) is 2.06. The first-order valence-electron chi connectivity index (χ1n) is 6.78. The highest BCUT2D eigenvalue weighted by Crippen LogP contribution is 2.31. The number of phenols is 1. The highest BCUT2D eigenvalue weighted by Gasteiger charge is 2.32. The largest absolute Gasteiger partial charge is 0.508 e. The van der Waals surface area contributed by atoms with Gasteiger partial charge in [-0.05, 0) is 55.9 Å². The van der Waals surface area contributed by atoms with Gasteiger partial charge in [0.1, 0.15) is 5.75 Å². The zero-order valence-electron chi connectivity index (χ0n) is 11.2. The van der Waals surface area contributed by atoms with Crippen LogP contribution < -0.4 is 5.32 Å². The van der Waals surface area contributed by atoms with Gasteiger partial charge in [0.2, 0.25) is 0 Å². The monoisotopic (exact) mass is 263 g/mol. The average molecular weight is 263 g/mol. The van der Waals surface area contributed by atoms with Crippen molar-refractivity contribution in [2.75, 3.05) is 6.54 Å². The smallest absolute Gasteiger partial charge is 0.251 e. The molecule has 1 aromatic carbocycles. The van der Waals surface area contributed by atoms with Crippen LogP contribution in [0.15, 0.2) is 24.3 Å². The Labute approximate surface area is 113 Å². The van der Waals surface area contributed by atoms with Crippen LogP contribution >= 0.6 is 0 Å². The van der Waals surface area contributed by atoms with Crippen LogP contribution in [0.4, 0.5) is 0 Å². The molecule has 0 aliphatic heterocycles. The summed E-state index contributed by atoms with van der Waals surface area (Å²) >= 11 is 0. The minimum atomic E-state index is -0.765. The van der Waals surface area contributed by atoms with E-state index < -0.39 is 5.60 Å². The van der Waals surface area contributed by atoms with Crippen molar-refractivity contribution in [2.45, 2.75) is 38.2 Å². The summed E-state index contributed by atoms with van der Waals surface area (Å²) in [5, 5.41) is 22.3. The van der Waals surface area contributed by atoms with Gasteiger partial charge in [0.15, 0.2) is 0 Å². The summed E-state index contributed by atoms with van der Waals surface area (Å²) in [5.74, 6) is 0.580. The summed E-state index contributed by atoms with van der Waals surface area (Å²) in [5.41, 5.74) is -0.274. The van der Waals surface area contributed by atoms with Crippen LogP contribution in [0.2, 0.25) is 0 Å². The molecule has 0 aromatic heterocycles. The van der Waals surface area contributed by atoms with Crippen LogP contribution in [0.25, 0.3) is 0 Å². The van der Waals surface area contributed by atoms with Gasteiger partial charge in [-0.3, -0.25) is 4.79 Å². The van der Waals surface area contributed by atoms with E-state index in [1.54, 1.807) is 12.1 Å². The molecule has 0 heterocycles. The minimum absolute atomic E-state index is 0.136. The molecule has 3 N–H and O–H groups in total. The summed E-state index contributed by atoms with van der Waals surface area (Å²) in [6.45, 7) is 2.48. The molecule has 0 spiro atoms. The van der Waals surface area contributed by atoms with Crippen LogP contribution in [0.3, 0.4) is 0 Å². The second kappa shape index (κ2) is 5.61. The quantitative estimate of drug-likeness (QED) is 0.782. The minimum Gasteiger partial charge on any atom is -0.508 e. The lowest BCUT2D eigenvalue weighted by Crippen LogP contribution is -2.45. The maximum Gasteiger partial charge on any atom is 0.251 e. The number of carbonyl (C=O) groups is 1. The summed E-state index contributed by atoms with van der Waals surface area (Å²) in [6.07, 6.45) is 3.49. The van der Waals surface area contributed by atoms with E-state index in [1.165, 1.54) is 12.1 Å². The first-order valence-corrected chi connectivity index (χ1v) is 6.78. The second-order valence-corrected chi connectivity index (χ2v) is 5.64. The van der Waals surface area contributed by atoms with Gasteiger partial charge in [-0.2, -0.15) is 0 Å². The fourth-order valence-corrected chi connectivity index (χ4v) is 2.44. The van der Waals surface area contributed by atoms with E-state index in [-0.39, 0.29) is 11.7 Å². The van der Waals surface area contributed by atoms with Gasteiger partial charge in [-0.25, -0.2) is 0 Å². The topological polar surface area (TPSA) is 69.6 Å². The van der Waals surface area contributed by atoms with Crippen LogP contribution in [-0.4, -0.2) is 28.3 Å². The Morgan fingerprint density at radius 3 is 2.47 bits per heavy atom. The van der Waals surface area contributed by atoms with E-state index in [0.717, 1.165) is 25.7 Å². The number of carbonyl (C=O) groups excluding carboxylic acids is 1. The van der Waals surface area contributed by atoms with Gasteiger partial charge < -0.3 is 15.5 Å². The third kappa shape index (κ3) is 3.70. The molecule has 1 aromatic rings. The van der Waals surface area contributed by atoms with Crippen molar-refractivity contribution in [3.63, 3.8) is 0 Å². The van der Waals surface area contributed by atoms with E-state index in [2.05, 4.69) is 12.2 Å². The molecule has 4 heteroatoms. The fraction of sp³-hybridized carbons (Fsp3) is 0.533. The van der Waals surface area contributed by atoms with Gasteiger partial charge in [0.25, 0.3) is 5.91 Å². The molecular formula is C15H21NO3. The predicted molar refractivity (Wildman–Crippen MR) is 73.0 cm³/mol. The lowest BCUT2D eigenvalue weighted by molar-refractivity contribution is -0.00540. The standard InChI is InChI=1S/C15H21NO3/c1-11-6-8-15(19,9-7-11)10-16-14(18)12-2-4-13(17)5-3-12/h2-5,11,17,19H,6-10H2,1H3,(H,16,18). The van der Waals surface area contributed by atoms with Crippen LogP contribution in [0.5, 0.6) is 5.75 Å². The first kappa shape index (κ1) is 13.9. The Hall–Kier alpha value is -1.55. The number of hydrogen-bond acceptors (Lipinski definition) is 3. The third-order valence-corrected chi connectivity index (χ3v) is 3.91. The Balaban J connectivity index is 1.88. The third-order valence-electron chi connectivity index (χ3n) is 3.91. The molecule has 1 aliphatic carbocycles. The molecule has 0 bridgehead atoms. The van der Waals surface area contributed by atoms with Crippen molar-refractivity contribution < 1.29 is 15.0 Å². The molecule has 19 heavy (non-hydrogen) atoms. The van der Waals surface area contributed by atoms with Gasteiger partial charge in [0, 0.05) is 12.1 Å². The van der Waals surface area contributed by atoms with E-state index in [4.69, 9.17) is 5.11 Å². The number of hydrogen-bond donors (Lipinski definition) is 3. The maximum absolute atomic E-state index is 11.9. The second-order valence-electron chi connectivity index (χ2n) is 5.64. The van der Waals surface area contributed by atoms with Crippen molar-refractivity contribution in [2.24, 2.45) is 5.92 Å². The zero-order valence-corrected chi connectivity index (χ0v) is 11.2. The SMILES string of the molecule is CC1CCC(O)(CNC(=O)c2ccc(O)cc2)CC1. The lowest BCUT2D eigenvalue weighted by atomic mass is 9.79. The molecule has 104 valence electrons. The molecule has 1 amide bonds. The molecule has 1 fully saturated rings. The maximum atomic E-state index is 11.9. The summed E-state index contributed by atoms with van der Waals surface area (Å²) < 4.78 is 0. The van der Waals surface area contributed by atoms with Crippen LogP contribution in [-0.2, 0) is 0 Å². The molecular weight excluding hydrogens is 242 g/mol. The Bertz CT molecular complexity index is 433. The Kier molecular flexibility index (Phi) is 4.10. The number of amides is 1. The van der Waals surface area contributed by atoms with Crippen molar-refractivity contribution >= 4 is 5.91 Å². The molecule has 1 saturated carbocycles. The first-order chi connectivity index (χ1) is 8.98. The number of benzene rings is 1. The average Bonchev–Trinajstić information content (AvgIpc) is 2.41. The van der Waals surface area contributed by atoms with Crippen molar-refractivity contribution in [3.8, 4) is 5.75 Å². The van der Waals surface area contributed by atoms with Gasteiger partial charge in [-0.15, -0.1) is 0 Å². The fourth-order valence-electron chi connectivity index (χ4n) is 2.44. The summed E-state index contributed by atoms with van der Waals surface area (Å²) in [6, 6.07) is 6.09. The Morgan fingerprint density at radius 2 is 1.89 bits per heavy atom. The molecule has 1 aliphatic rings. The van der Waals surface area contributed by atoms with Gasteiger partial charge in [0.05, 0.1) is 5.60 Å². The summed E-state index contributed by atoms with van der Waals surface area (Å²) in [4.78, 5) is 11.9. The molecule has 0 unspecified atom stereocenters. The van der Waals surface area contributed by atoms with E-state index >= 15 is 0 Å². The molecule has 4 nitrogen and oxygen atoms in total. The molecule has 0 radical (unpaired) electrons. The van der Waals surface area contributed by atoms with Crippen LogP contribution in [0, 0.1) is 5.92 Å². The van der Waals surface area contributed by atoms with Crippen molar-refractivity contribution in [3.05, 3.63) is 29.8 Å². The van der Waals surface area contributed by atoms with Gasteiger partial charge in [-0.1, -0.05) is 6.92 Å².